The SMILES string of the molecule is O=C1CCCN1c1ccnc(N2CCCCC2)n1. The zero-order valence-corrected chi connectivity index (χ0v) is 10.5. The van der Waals surface area contributed by atoms with Gasteiger partial charge in [0.2, 0.25) is 11.9 Å². The van der Waals surface area contributed by atoms with Gasteiger partial charge in [0.15, 0.2) is 0 Å². The standard InChI is InChI=1S/C13H18N4O/c18-12-5-4-10-17(12)11-6-7-14-13(15-11)16-8-2-1-3-9-16/h6-7H,1-5,8-10H2. The highest BCUT2D eigenvalue weighted by atomic mass is 16.2. The summed E-state index contributed by atoms with van der Waals surface area (Å²) in [5.74, 6) is 1.71. The molecule has 3 rings (SSSR count). The Labute approximate surface area is 107 Å². The lowest BCUT2D eigenvalue weighted by Crippen LogP contribution is -2.32. The van der Waals surface area contributed by atoms with Crippen LogP contribution in [0.25, 0.3) is 0 Å². The first-order valence-corrected chi connectivity index (χ1v) is 6.73. The first-order chi connectivity index (χ1) is 8.84. The Balaban J connectivity index is 1.82. The lowest BCUT2D eigenvalue weighted by Gasteiger charge is -2.27. The summed E-state index contributed by atoms with van der Waals surface area (Å²) in [6, 6.07) is 1.83. The van der Waals surface area contributed by atoms with E-state index in [9.17, 15) is 4.79 Å². The van der Waals surface area contributed by atoms with E-state index >= 15 is 0 Å². The number of rotatable bonds is 2. The van der Waals surface area contributed by atoms with Gasteiger partial charge in [-0.2, -0.15) is 4.98 Å². The van der Waals surface area contributed by atoms with Crippen LogP contribution in [0.15, 0.2) is 12.3 Å². The molecule has 96 valence electrons. The smallest absolute Gasteiger partial charge is 0.228 e. The van der Waals surface area contributed by atoms with E-state index in [-0.39, 0.29) is 5.91 Å². The van der Waals surface area contributed by atoms with E-state index in [2.05, 4.69) is 14.9 Å². The van der Waals surface area contributed by atoms with E-state index in [1.165, 1.54) is 19.3 Å². The first-order valence-electron chi connectivity index (χ1n) is 6.73. The van der Waals surface area contributed by atoms with Gasteiger partial charge in [-0.3, -0.25) is 9.69 Å². The molecule has 18 heavy (non-hydrogen) atoms. The van der Waals surface area contributed by atoms with Gasteiger partial charge in [-0.15, -0.1) is 0 Å². The number of aromatic nitrogens is 2. The number of hydrogen-bond donors (Lipinski definition) is 0. The van der Waals surface area contributed by atoms with Crippen molar-refractivity contribution >= 4 is 17.7 Å². The summed E-state index contributed by atoms with van der Waals surface area (Å²) in [5.41, 5.74) is 0. The van der Waals surface area contributed by atoms with Crippen molar-refractivity contribution in [2.75, 3.05) is 29.4 Å². The molecule has 0 radical (unpaired) electrons. The van der Waals surface area contributed by atoms with Crippen LogP contribution in [0.2, 0.25) is 0 Å². The van der Waals surface area contributed by atoms with Crippen LogP contribution in [-0.4, -0.2) is 35.5 Å². The predicted octanol–water partition coefficient (Wildman–Crippen LogP) is 1.59. The minimum Gasteiger partial charge on any atom is -0.341 e. The molecule has 2 fully saturated rings. The molecule has 0 atom stereocenters. The lowest BCUT2D eigenvalue weighted by atomic mass is 10.1. The quantitative estimate of drug-likeness (QED) is 0.795. The van der Waals surface area contributed by atoms with E-state index in [0.29, 0.717) is 6.42 Å². The summed E-state index contributed by atoms with van der Waals surface area (Å²) in [5, 5.41) is 0. The maximum absolute atomic E-state index is 11.7. The molecule has 0 N–H and O–H groups in total. The zero-order valence-electron chi connectivity index (χ0n) is 10.5. The molecular weight excluding hydrogens is 228 g/mol. The third-order valence-electron chi connectivity index (χ3n) is 3.62. The highest BCUT2D eigenvalue weighted by Gasteiger charge is 2.23. The Kier molecular flexibility index (Phi) is 3.13. The van der Waals surface area contributed by atoms with Gasteiger partial charge < -0.3 is 4.90 Å². The Morgan fingerprint density at radius 1 is 1.06 bits per heavy atom. The summed E-state index contributed by atoms with van der Waals surface area (Å²) < 4.78 is 0. The van der Waals surface area contributed by atoms with Crippen LogP contribution in [0.5, 0.6) is 0 Å². The summed E-state index contributed by atoms with van der Waals surface area (Å²) in [6.45, 7) is 2.84. The van der Waals surface area contributed by atoms with Crippen molar-refractivity contribution in [2.24, 2.45) is 0 Å². The molecule has 2 aliphatic heterocycles. The largest absolute Gasteiger partial charge is 0.341 e. The van der Waals surface area contributed by atoms with Gasteiger partial charge in [-0.1, -0.05) is 0 Å². The second kappa shape index (κ2) is 4.92. The van der Waals surface area contributed by atoms with Gasteiger partial charge >= 0.3 is 0 Å². The van der Waals surface area contributed by atoms with Crippen LogP contribution < -0.4 is 9.80 Å². The van der Waals surface area contributed by atoms with Crippen molar-refractivity contribution in [2.45, 2.75) is 32.1 Å². The van der Waals surface area contributed by atoms with Crippen LogP contribution in [0.3, 0.4) is 0 Å². The van der Waals surface area contributed by atoms with E-state index in [1.807, 2.05) is 6.07 Å². The Hall–Kier alpha value is -1.65. The third kappa shape index (κ3) is 2.17. The molecule has 5 heteroatoms. The number of nitrogens with zero attached hydrogens (tertiary/aromatic N) is 4. The Bertz CT molecular complexity index is 442. The highest BCUT2D eigenvalue weighted by molar-refractivity contribution is 5.94. The average molecular weight is 246 g/mol. The van der Waals surface area contributed by atoms with Crippen LogP contribution in [-0.2, 0) is 4.79 Å². The molecule has 0 unspecified atom stereocenters. The highest BCUT2D eigenvalue weighted by Crippen LogP contribution is 2.22. The monoisotopic (exact) mass is 246 g/mol. The topological polar surface area (TPSA) is 49.3 Å². The lowest BCUT2D eigenvalue weighted by molar-refractivity contribution is -0.117. The Morgan fingerprint density at radius 2 is 1.89 bits per heavy atom. The molecular formula is C13H18N4O. The summed E-state index contributed by atoms with van der Waals surface area (Å²) in [7, 11) is 0. The summed E-state index contributed by atoms with van der Waals surface area (Å²) in [6.07, 6.45) is 7.04. The molecule has 2 saturated heterocycles. The number of piperidine rings is 1. The number of carbonyl (C=O) groups excluding carboxylic acids is 1. The predicted molar refractivity (Wildman–Crippen MR) is 69.7 cm³/mol. The second-order valence-electron chi connectivity index (χ2n) is 4.91. The second-order valence-corrected chi connectivity index (χ2v) is 4.91. The van der Waals surface area contributed by atoms with Gasteiger partial charge in [0.05, 0.1) is 0 Å². The van der Waals surface area contributed by atoms with Crippen LogP contribution >= 0.6 is 0 Å². The van der Waals surface area contributed by atoms with Gasteiger partial charge in [-0.05, 0) is 31.7 Å². The van der Waals surface area contributed by atoms with E-state index in [4.69, 9.17) is 0 Å². The molecule has 5 nitrogen and oxygen atoms in total. The first kappa shape index (κ1) is 11.4. The summed E-state index contributed by atoms with van der Waals surface area (Å²) in [4.78, 5) is 24.6. The molecule has 0 saturated carbocycles. The molecule has 0 aliphatic carbocycles. The molecule has 1 amide bonds. The third-order valence-corrected chi connectivity index (χ3v) is 3.62. The molecule has 1 aromatic heterocycles. The molecule has 3 heterocycles. The minimum atomic E-state index is 0.179. The molecule has 1 aromatic rings. The van der Waals surface area contributed by atoms with Crippen molar-refractivity contribution in [1.82, 2.24) is 9.97 Å². The van der Waals surface area contributed by atoms with Crippen molar-refractivity contribution in [3.05, 3.63) is 12.3 Å². The van der Waals surface area contributed by atoms with Crippen LogP contribution in [0, 0.1) is 0 Å². The fourth-order valence-corrected chi connectivity index (χ4v) is 2.63. The van der Waals surface area contributed by atoms with Crippen LogP contribution in [0.1, 0.15) is 32.1 Å². The molecule has 2 aliphatic rings. The molecule has 0 aromatic carbocycles. The maximum atomic E-state index is 11.7. The molecule has 0 bridgehead atoms. The van der Waals surface area contributed by atoms with Crippen molar-refractivity contribution < 1.29 is 4.79 Å². The van der Waals surface area contributed by atoms with Crippen LogP contribution in [0.4, 0.5) is 11.8 Å². The molecule has 0 spiro atoms. The Morgan fingerprint density at radius 3 is 2.61 bits per heavy atom. The fraction of sp³-hybridized carbons (Fsp3) is 0.615. The summed E-state index contributed by atoms with van der Waals surface area (Å²) >= 11 is 0. The van der Waals surface area contributed by atoms with Gasteiger partial charge in [0.25, 0.3) is 0 Å². The van der Waals surface area contributed by atoms with Gasteiger partial charge in [0.1, 0.15) is 5.82 Å². The number of hydrogen-bond acceptors (Lipinski definition) is 4. The fourth-order valence-electron chi connectivity index (χ4n) is 2.63. The maximum Gasteiger partial charge on any atom is 0.228 e. The average Bonchev–Trinajstić information content (AvgIpc) is 2.86. The van der Waals surface area contributed by atoms with E-state index < -0.39 is 0 Å². The van der Waals surface area contributed by atoms with Crippen molar-refractivity contribution in [3.63, 3.8) is 0 Å². The van der Waals surface area contributed by atoms with Crippen molar-refractivity contribution in [3.8, 4) is 0 Å². The van der Waals surface area contributed by atoms with Gasteiger partial charge in [-0.25, -0.2) is 4.98 Å². The normalized spacial score (nSPS) is 20.6. The number of carbonyl (C=O) groups is 1. The zero-order chi connectivity index (χ0) is 12.4. The van der Waals surface area contributed by atoms with Crippen molar-refractivity contribution in [1.29, 1.82) is 0 Å². The number of amides is 1. The van der Waals surface area contributed by atoms with E-state index in [1.54, 1.807) is 11.1 Å². The van der Waals surface area contributed by atoms with E-state index in [0.717, 1.165) is 37.8 Å². The van der Waals surface area contributed by atoms with Gasteiger partial charge in [0, 0.05) is 32.3 Å². The minimum absolute atomic E-state index is 0.179. The number of anilines is 2.